The smallest absolute Gasteiger partial charge is 0.319 e. The predicted octanol–water partition coefficient (Wildman–Crippen LogP) is 2.55. The van der Waals surface area contributed by atoms with Crippen LogP contribution in [0.1, 0.15) is 31.1 Å². The molecule has 3 amide bonds. The number of benzene rings is 1. The Morgan fingerprint density at radius 2 is 1.68 bits per heavy atom. The first-order valence-electron chi connectivity index (χ1n) is 10.8. The fourth-order valence-corrected chi connectivity index (χ4v) is 3.65. The Hall–Kier alpha value is -3.13. The number of para-hydroxylation sites is 1. The molecule has 0 bridgehead atoms. The van der Waals surface area contributed by atoms with E-state index in [0.717, 1.165) is 38.5 Å². The van der Waals surface area contributed by atoms with E-state index in [1.165, 1.54) is 0 Å². The highest BCUT2D eigenvalue weighted by atomic mass is 16.2. The van der Waals surface area contributed by atoms with Gasteiger partial charge in [0.05, 0.1) is 11.3 Å². The second-order valence-corrected chi connectivity index (χ2v) is 8.15. The Morgan fingerprint density at radius 1 is 0.968 bits per heavy atom. The Labute approximate surface area is 184 Å². The summed E-state index contributed by atoms with van der Waals surface area (Å²) in [6.07, 6.45) is 1.82. The minimum absolute atomic E-state index is 0.0131. The Kier molecular flexibility index (Phi) is 7.83. The molecule has 1 aliphatic rings. The quantitative estimate of drug-likeness (QED) is 0.636. The van der Waals surface area contributed by atoms with E-state index in [9.17, 15) is 9.59 Å². The molecule has 0 spiro atoms. The van der Waals surface area contributed by atoms with Gasteiger partial charge in [-0.05, 0) is 45.0 Å². The zero-order valence-electron chi connectivity index (χ0n) is 18.5. The number of carbonyl (C=O) groups is 2. The number of urea groups is 1. The van der Waals surface area contributed by atoms with Crippen LogP contribution in [0.5, 0.6) is 0 Å². The minimum atomic E-state index is -0.325. The topological polar surface area (TPSA) is 89.6 Å². The molecule has 1 aromatic heterocycles. The van der Waals surface area contributed by atoms with Crippen LogP contribution in [0.4, 0.5) is 16.3 Å². The molecule has 166 valence electrons. The predicted molar refractivity (Wildman–Crippen MR) is 124 cm³/mol. The van der Waals surface area contributed by atoms with Gasteiger partial charge in [0.15, 0.2) is 0 Å². The summed E-state index contributed by atoms with van der Waals surface area (Å²) < 4.78 is 0. The van der Waals surface area contributed by atoms with Gasteiger partial charge in [-0.15, -0.1) is 0 Å². The SMILES string of the molecule is CC(C)NC(=O)Nc1ccccc1C(=O)NC(C)CN1CCN(c2ccccn2)CC1. The third-order valence-electron chi connectivity index (χ3n) is 5.09. The molecule has 1 saturated heterocycles. The maximum Gasteiger partial charge on any atom is 0.319 e. The second-order valence-electron chi connectivity index (χ2n) is 8.15. The third-order valence-corrected chi connectivity index (χ3v) is 5.09. The van der Waals surface area contributed by atoms with Crippen molar-refractivity contribution in [2.75, 3.05) is 42.9 Å². The van der Waals surface area contributed by atoms with E-state index < -0.39 is 0 Å². The number of aromatic nitrogens is 1. The number of carbonyl (C=O) groups excluding carboxylic acids is 2. The number of hydrogen-bond acceptors (Lipinski definition) is 5. The molecule has 2 aromatic rings. The molecule has 3 N–H and O–H groups in total. The van der Waals surface area contributed by atoms with Crippen LogP contribution in [0.2, 0.25) is 0 Å². The van der Waals surface area contributed by atoms with Gasteiger partial charge in [-0.1, -0.05) is 18.2 Å². The fraction of sp³-hybridized carbons (Fsp3) is 0.435. The first-order valence-corrected chi connectivity index (χ1v) is 10.8. The molecule has 31 heavy (non-hydrogen) atoms. The summed E-state index contributed by atoms with van der Waals surface area (Å²) in [7, 11) is 0. The summed E-state index contributed by atoms with van der Waals surface area (Å²) in [6.45, 7) is 10.2. The monoisotopic (exact) mass is 424 g/mol. The van der Waals surface area contributed by atoms with Crippen LogP contribution in [0.25, 0.3) is 0 Å². The van der Waals surface area contributed by atoms with Gasteiger partial charge < -0.3 is 20.9 Å². The van der Waals surface area contributed by atoms with Gasteiger partial charge >= 0.3 is 6.03 Å². The van der Waals surface area contributed by atoms with Gasteiger partial charge in [0.2, 0.25) is 0 Å². The highest BCUT2D eigenvalue weighted by Crippen LogP contribution is 2.16. The molecule has 0 saturated carbocycles. The molecule has 1 atom stereocenters. The van der Waals surface area contributed by atoms with E-state index in [4.69, 9.17) is 0 Å². The molecule has 8 heteroatoms. The summed E-state index contributed by atoms with van der Waals surface area (Å²) in [4.78, 5) is 33.9. The van der Waals surface area contributed by atoms with E-state index >= 15 is 0 Å². The van der Waals surface area contributed by atoms with Crippen molar-refractivity contribution in [2.45, 2.75) is 32.9 Å². The number of rotatable bonds is 7. The van der Waals surface area contributed by atoms with Crippen molar-refractivity contribution in [1.82, 2.24) is 20.5 Å². The van der Waals surface area contributed by atoms with Crippen LogP contribution >= 0.6 is 0 Å². The van der Waals surface area contributed by atoms with Crippen molar-refractivity contribution in [2.24, 2.45) is 0 Å². The Morgan fingerprint density at radius 3 is 2.35 bits per heavy atom. The Bertz CT molecular complexity index is 865. The highest BCUT2D eigenvalue weighted by Gasteiger charge is 2.21. The number of nitrogens with one attached hydrogen (secondary N) is 3. The van der Waals surface area contributed by atoms with Crippen LogP contribution in [0.15, 0.2) is 48.7 Å². The van der Waals surface area contributed by atoms with Crippen molar-refractivity contribution in [3.8, 4) is 0 Å². The lowest BCUT2D eigenvalue weighted by Crippen LogP contribution is -2.51. The molecule has 8 nitrogen and oxygen atoms in total. The van der Waals surface area contributed by atoms with Crippen LogP contribution in [0, 0.1) is 0 Å². The Balaban J connectivity index is 1.50. The third kappa shape index (κ3) is 6.68. The van der Waals surface area contributed by atoms with Crippen LogP contribution in [-0.2, 0) is 0 Å². The van der Waals surface area contributed by atoms with Crippen LogP contribution < -0.4 is 20.9 Å². The van der Waals surface area contributed by atoms with Crippen molar-refractivity contribution in [1.29, 1.82) is 0 Å². The maximum absolute atomic E-state index is 12.8. The summed E-state index contributed by atoms with van der Waals surface area (Å²) in [6, 6.07) is 12.7. The van der Waals surface area contributed by atoms with Gasteiger partial charge in [-0.25, -0.2) is 9.78 Å². The minimum Gasteiger partial charge on any atom is -0.354 e. The van der Waals surface area contributed by atoms with E-state index in [1.807, 2.05) is 45.2 Å². The molecule has 1 aromatic carbocycles. The van der Waals surface area contributed by atoms with E-state index in [0.29, 0.717) is 11.3 Å². The highest BCUT2D eigenvalue weighted by molar-refractivity contribution is 6.03. The molecule has 1 aliphatic heterocycles. The van der Waals surface area contributed by atoms with E-state index in [2.05, 4.69) is 30.7 Å². The first-order chi connectivity index (χ1) is 14.9. The zero-order chi connectivity index (χ0) is 22.2. The number of nitrogens with zero attached hydrogens (tertiary/aromatic N) is 3. The summed E-state index contributed by atoms with van der Waals surface area (Å²) in [5.41, 5.74) is 0.947. The molecule has 2 heterocycles. The number of hydrogen-bond donors (Lipinski definition) is 3. The molecular formula is C23H32N6O2. The van der Waals surface area contributed by atoms with Crippen molar-refractivity contribution in [3.05, 3.63) is 54.2 Å². The van der Waals surface area contributed by atoms with Gasteiger partial charge in [0.25, 0.3) is 5.91 Å². The second kappa shape index (κ2) is 10.8. The summed E-state index contributed by atoms with van der Waals surface area (Å²) >= 11 is 0. The fourth-order valence-electron chi connectivity index (χ4n) is 3.65. The largest absolute Gasteiger partial charge is 0.354 e. The van der Waals surface area contributed by atoms with Crippen molar-refractivity contribution in [3.63, 3.8) is 0 Å². The van der Waals surface area contributed by atoms with Crippen LogP contribution in [-0.4, -0.2) is 66.6 Å². The molecule has 1 fully saturated rings. The number of pyridine rings is 1. The maximum atomic E-state index is 12.8. The molecular weight excluding hydrogens is 392 g/mol. The van der Waals surface area contributed by atoms with Gasteiger partial charge in [-0.2, -0.15) is 0 Å². The van der Waals surface area contributed by atoms with E-state index in [1.54, 1.807) is 24.3 Å². The lowest BCUT2D eigenvalue weighted by molar-refractivity contribution is 0.0929. The standard InChI is InChI=1S/C23H32N6O2/c1-17(2)25-23(31)27-20-9-5-4-8-19(20)22(30)26-18(3)16-28-12-14-29(15-13-28)21-10-6-7-11-24-21/h4-11,17-18H,12-16H2,1-3H3,(H,26,30)(H2,25,27,31). The van der Waals surface area contributed by atoms with Gasteiger partial charge in [-0.3, -0.25) is 9.69 Å². The summed E-state index contributed by atoms with van der Waals surface area (Å²) in [5.74, 6) is 0.814. The van der Waals surface area contributed by atoms with Gasteiger partial charge in [0.1, 0.15) is 5.82 Å². The molecule has 3 rings (SSSR count). The molecule has 0 aliphatic carbocycles. The lowest BCUT2D eigenvalue weighted by Gasteiger charge is -2.36. The average molecular weight is 425 g/mol. The van der Waals surface area contributed by atoms with Crippen LogP contribution in [0.3, 0.4) is 0 Å². The normalized spacial score (nSPS) is 15.4. The van der Waals surface area contributed by atoms with E-state index in [-0.39, 0.29) is 24.0 Å². The average Bonchev–Trinajstić information content (AvgIpc) is 2.74. The van der Waals surface area contributed by atoms with Gasteiger partial charge in [0, 0.05) is 51.0 Å². The lowest BCUT2D eigenvalue weighted by atomic mass is 10.1. The molecule has 1 unspecified atom stereocenters. The number of anilines is 2. The number of piperazine rings is 1. The van der Waals surface area contributed by atoms with Crippen molar-refractivity contribution >= 4 is 23.4 Å². The summed E-state index contributed by atoms with van der Waals surface area (Å²) in [5, 5.41) is 8.60. The zero-order valence-corrected chi connectivity index (χ0v) is 18.5. The van der Waals surface area contributed by atoms with Crippen molar-refractivity contribution < 1.29 is 9.59 Å². The molecule has 0 radical (unpaired) electrons. The first kappa shape index (κ1) is 22.6. The number of amides is 3.